The van der Waals surface area contributed by atoms with Gasteiger partial charge >= 0.3 is 0 Å². The average molecular weight is 576 g/mol. The van der Waals surface area contributed by atoms with Crippen LogP contribution in [-0.2, 0) is 0 Å². The second-order valence-electron chi connectivity index (χ2n) is 10.3. The zero-order valence-corrected chi connectivity index (χ0v) is 23.0. The van der Waals surface area contributed by atoms with Gasteiger partial charge in [0.15, 0.2) is 0 Å². The van der Waals surface area contributed by atoms with Crippen molar-refractivity contribution >= 4 is 40.1 Å². The zero-order valence-electron chi connectivity index (χ0n) is 22.2. The number of aromatic nitrogens is 3. The first-order valence-corrected chi connectivity index (χ1v) is 14.0. The molecule has 0 unspecified atom stereocenters. The predicted octanol–water partition coefficient (Wildman–Crippen LogP) is 2.61. The Hall–Kier alpha value is -4.03. The molecule has 6 rings (SSSR count). The largest absolute Gasteiger partial charge is 0.387 e. The Labute approximate surface area is 240 Å². The molecule has 0 bridgehead atoms. The third-order valence-electron chi connectivity index (χ3n) is 7.55. The molecule has 0 aliphatic carbocycles. The lowest BCUT2D eigenvalue weighted by molar-refractivity contribution is 0.0646. The van der Waals surface area contributed by atoms with Gasteiger partial charge in [-0.1, -0.05) is 23.7 Å². The minimum absolute atomic E-state index is 0.124. The van der Waals surface area contributed by atoms with Crippen LogP contribution in [0.25, 0.3) is 22.4 Å². The lowest BCUT2D eigenvalue weighted by Gasteiger charge is -2.27. The zero-order chi connectivity index (χ0) is 28.5. The summed E-state index contributed by atoms with van der Waals surface area (Å²) in [5, 5.41) is 17.6. The number of anilines is 1. The number of imide groups is 1. The van der Waals surface area contributed by atoms with Crippen LogP contribution in [0.4, 0.5) is 5.69 Å². The molecular formula is C29H30ClN7O4. The molecule has 2 aromatic heterocycles. The first kappa shape index (κ1) is 27.2. The van der Waals surface area contributed by atoms with E-state index in [1.807, 2.05) is 0 Å². The predicted molar refractivity (Wildman–Crippen MR) is 156 cm³/mol. The van der Waals surface area contributed by atoms with Crippen LogP contribution in [0, 0.1) is 0 Å². The number of hydrogen-bond donors (Lipinski definition) is 5. The van der Waals surface area contributed by atoms with E-state index in [1.165, 1.54) is 11.1 Å². The Balaban J connectivity index is 1.21. The summed E-state index contributed by atoms with van der Waals surface area (Å²) >= 11 is 6.05. The molecular weight excluding hydrogens is 546 g/mol. The van der Waals surface area contributed by atoms with Gasteiger partial charge in [-0.3, -0.25) is 19.3 Å². The number of piperazine rings is 1. The molecule has 4 aromatic rings. The molecule has 11 nitrogen and oxygen atoms in total. The fourth-order valence-corrected chi connectivity index (χ4v) is 5.60. The molecule has 212 valence electrons. The molecule has 2 aliphatic heterocycles. The van der Waals surface area contributed by atoms with Crippen molar-refractivity contribution in [1.29, 1.82) is 0 Å². The number of aliphatic hydroxyl groups is 1. The molecule has 0 radical (unpaired) electrons. The van der Waals surface area contributed by atoms with Gasteiger partial charge in [0.2, 0.25) is 0 Å². The lowest BCUT2D eigenvalue weighted by Crippen LogP contribution is -2.44. The number of benzene rings is 2. The molecule has 2 aromatic carbocycles. The Morgan fingerprint density at radius 2 is 1.80 bits per heavy atom. The quantitative estimate of drug-likeness (QED) is 0.191. The standard InChI is InChI=1S/C29H30ClN7O4/c30-18-4-1-3-17(13-18)24(38)16-33-21-5-6-32-27(39)25(21)26-34-22-14-19-20(15-23(22)35-26)29(41)37(28(19)40)10-2-9-36-11-7-31-8-12-36/h1,3-6,13-15,24,31,38H,2,7-12,16H2,(H,34,35)(H2,32,33,39)/t24-/m1/s1. The number of hydrogen-bond acceptors (Lipinski definition) is 8. The number of aromatic amines is 2. The minimum Gasteiger partial charge on any atom is -0.387 e. The van der Waals surface area contributed by atoms with Crippen molar-refractivity contribution in [1.82, 2.24) is 30.1 Å². The van der Waals surface area contributed by atoms with Gasteiger partial charge in [0.05, 0.1) is 34.0 Å². The van der Waals surface area contributed by atoms with Crippen LogP contribution in [0.2, 0.25) is 5.02 Å². The van der Waals surface area contributed by atoms with Crippen LogP contribution >= 0.6 is 11.6 Å². The van der Waals surface area contributed by atoms with Crippen LogP contribution in [-0.4, -0.2) is 87.5 Å². The van der Waals surface area contributed by atoms with Crippen molar-refractivity contribution < 1.29 is 14.7 Å². The van der Waals surface area contributed by atoms with Crippen LogP contribution in [0.1, 0.15) is 38.8 Å². The molecule has 41 heavy (non-hydrogen) atoms. The van der Waals surface area contributed by atoms with E-state index in [0.717, 1.165) is 32.7 Å². The van der Waals surface area contributed by atoms with E-state index in [4.69, 9.17) is 11.6 Å². The minimum atomic E-state index is -0.865. The maximum atomic E-state index is 13.2. The topological polar surface area (TPSA) is 146 Å². The summed E-state index contributed by atoms with van der Waals surface area (Å²) in [6, 6.07) is 11.9. The molecule has 4 heterocycles. The fourth-order valence-electron chi connectivity index (χ4n) is 5.40. The molecule has 2 aliphatic rings. The Kier molecular flexibility index (Phi) is 7.59. The smallest absolute Gasteiger partial charge is 0.261 e. The van der Waals surface area contributed by atoms with Gasteiger partial charge in [-0.05, 0) is 48.9 Å². The van der Waals surface area contributed by atoms with E-state index in [9.17, 15) is 19.5 Å². The van der Waals surface area contributed by atoms with Gasteiger partial charge < -0.3 is 30.6 Å². The van der Waals surface area contributed by atoms with Crippen molar-refractivity contribution in [2.75, 3.05) is 51.1 Å². The third kappa shape index (κ3) is 5.49. The van der Waals surface area contributed by atoms with E-state index in [0.29, 0.717) is 51.4 Å². The van der Waals surface area contributed by atoms with Crippen LogP contribution < -0.4 is 16.2 Å². The monoisotopic (exact) mass is 575 g/mol. The summed E-state index contributed by atoms with van der Waals surface area (Å²) in [6.07, 6.45) is 1.35. The highest BCUT2D eigenvalue weighted by molar-refractivity contribution is 6.30. The van der Waals surface area contributed by atoms with Gasteiger partial charge in [0, 0.05) is 50.5 Å². The van der Waals surface area contributed by atoms with Crippen LogP contribution in [0.5, 0.6) is 0 Å². The fraction of sp³-hybridized carbons (Fsp3) is 0.310. The number of imidazole rings is 1. The van der Waals surface area contributed by atoms with Gasteiger partial charge in [-0.25, -0.2) is 4.98 Å². The Bertz CT molecular complexity index is 1620. The number of carbonyl (C=O) groups is 2. The lowest BCUT2D eigenvalue weighted by atomic mass is 10.1. The van der Waals surface area contributed by atoms with E-state index >= 15 is 0 Å². The first-order valence-electron chi connectivity index (χ1n) is 13.6. The molecule has 5 N–H and O–H groups in total. The number of amides is 2. The molecule has 1 saturated heterocycles. The molecule has 1 fully saturated rings. The molecule has 12 heteroatoms. The molecule has 1 atom stereocenters. The summed E-state index contributed by atoms with van der Waals surface area (Å²) in [6.45, 7) is 5.14. The number of nitrogens with zero attached hydrogens (tertiary/aromatic N) is 3. The number of H-pyrrole nitrogens is 2. The van der Waals surface area contributed by atoms with Crippen molar-refractivity contribution in [3.8, 4) is 11.4 Å². The number of nitrogens with one attached hydrogen (secondary N) is 4. The molecule has 2 amide bonds. The highest BCUT2D eigenvalue weighted by Gasteiger charge is 2.36. The van der Waals surface area contributed by atoms with Crippen molar-refractivity contribution in [2.24, 2.45) is 0 Å². The highest BCUT2D eigenvalue weighted by atomic mass is 35.5. The maximum Gasteiger partial charge on any atom is 0.261 e. The maximum absolute atomic E-state index is 13.2. The van der Waals surface area contributed by atoms with Crippen LogP contribution in [0.15, 0.2) is 53.5 Å². The first-order chi connectivity index (χ1) is 19.9. The number of carbonyl (C=O) groups excluding carboxylic acids is 2. The van der Waals surface area contributed by atoms with E-state index in [1.54, 1.807) is 42.5 Å². The van der Waals surface area contributed by atoms with Crippen molar-refractivity contribution in [2.45, 2.75) is 12.5 Å². The Morgan fingerprint density at radius 3 is 2.59 bits per heavy atom. The normalized spacial score (nSPS) is 16.4. The third-order valence-corrected chi connectivity index (χ3v) is 7.79. The van der Waals surface area contributed by atoms with Crippen molar-refractivity contribution in [3.63, 3.8) is 0 Å². The molecule has 0 spiro atoms. The number of pyridine rings is 1. The van der Waals surface area contributed by atoms with Gasteiger partial charge in [-0.15, -0.1) is 0 Å². The number of fused-ring (bicyclic) bond motifs is 2. The second-order valence-corrected chi connectivity index (χ2v) is 10.7. The summed E-state index contributed by atoms with van der Waals surface area (Å²) in [7, 11) is 0. The summed E-state index contributed by atoms with van der Waals surface area (Å²) < 4.78 is 0. The van der Waals surface area contributed by atoms with E-state index in [2.05, 4.69) is 30.5 Å². The van der Waals surface area contributed by atoms with E-state index in [-0.39, 0.29) is 35.3 Å². The number of rotatable bonds is 9. The summed E-state index contributed by atoms with van der Waals surface area (Å²) in [4.78, 5) is 53.2. The summed E-state index contributed by atoms with van der Waals surface area (Å²) in [5.74, 6) is -0.372. The highest BCUT2D eigenvalue weighted by Crippen LogP contribution is 2.30. The van der Waals surface area contributed by atoms with Gasteiger partial charge in [-0.2, -0.15) is 0 Å². The second kappa shape index (κ2) is 11.5. The van der Waals surface area contributed by atoms with Crippen LogP contribution in [0.3, 0.4) is 0 Å². The number of halogens is 1. The van der Waals surface area contributed by atoms with Gasteiger partial charge in [0.25, 0.3) is 17.4 Å². The SMILES string of the molecule is O=C1c2cc3nc(-c4c(NC[C@@H](O)c5cccc(Cl)c5)cc[nH]c4=O)[nH]c3cc2C(=O)N1CCCN1CCNCC1. The molecule has 0 saturated carbocycles. The average Bonchev–Trinajstić information content (AvgIpc) is 3.49. The van der Waals surface area contributed by atoms with Crippen molar-refractivity contribution in [3.05, 3.63) is 80.7 Å². The van der Waals surface area contributed by atoms with E-state index < -0.39 is 6.10 Å². The summed E-state index contributed by atoms with van der Waals surface area (Å²) in [5.41, 5.74) is 2.60. The Morgan fingerprint density at radius 1 is 1.02 bits per heavy atom. The number of aliphatic hydroxyl groups excluding tert-OH is 1. The van der Waals surface area contributed by atoms with Gasteiger partial charge in [0.1, 0.15) is 11.4 Å².